The number of rotatable bonds is 10. The van der Waals surface area contributed by atoms with Crippen LogP contribution in [0.3, 0.4) is 0 Å². The number of amides is 1. The van der Waals surface area contributed by atoms with Crippen molar-refractivity contribution >= 4 is 23.2 Å². The molecule has 6 heteroatoms. The van der Waals surface area contributed by atoms with Crippen LogP contribution < -0.4 is 5.32 Å². The molecular formula is C23H30N2O3S. The molecule has 5 nitrogen and oxygen atoms in total. The van der Waals surface area contributed by atoms with Gasteiger partial charge in [-0.2, -0.15) is 0 Å². The van der Waals surface area contributed by atoms with E-state index in [0.29, 0.717) is 37.0 Å². The Labute approximate surface area is 179 Å². The van der Waals surface area contributed by atoms with Crippen molar-refractivity contribution in [2.75, 3.05) is 26.3 Å². The number of ether oxygens (including phenoxy) is 2. The molecule has 29 heavy (non-hydrogen) atoms. The molecule has 2 rings (SSSR count). The first-order valence-corrected chi connectivity index (χ1v) is 10.4. The normalized spacial score (nSPS) is 10.8. The second-order valence-electron chi connectivity index (χ2n) is 6.65. The number of aryl methyl sites for hydroxylation is 1. The second kappa shape index (κ2) is 12.3. The van der Waals surface area contributed by atoms with Crippen LogP contribution in [0.2, 0.25) is 0 Å². The zero-order chi connectivity index (χ0) is 21.1. The Hall–Kier alpha value is -2.28. The average Bonchev–Trinajstić information content (AvgIpc) is 2.72. The van der Waals surface area contributed by atoms with E-state index in [-0.39, 0.29) is 5.91 Å². The first-order valence-electron chi connectivity index (χ1n) is 9.97. The highest BCUT2D eigenvalue weighted by atomic mass is 32.1. The van der Waals surface area contributed by atoms with Crippen molar-refractivity contribution in [1.82, 2.24) is 10.2 Å². The fourth-order valence-corrected chi connectivity index (χ4v) is 3.10. The number of hydrogen-bond acceptors (Lipinski definition) is 4. The summed E-state index contributed by atoms with van der Waals surface area (Å²) in [7, 11) is 0. The van der Waals surface area contributed by atoms with E-state index < -0.39 is 6.29 Å². The SMILES string of the molecule is CCOC(CN(CCc1ccccc1)C(=S)NC(=O)c1ccc(C)cc1)OCC. The van der Waals surface area contributed by atoms with E-state index in [9.17, 15) is 4.79 Å². The van der Waals surface area contributed by atoms with Gasteiger partial charge in [-0.25, -0.2) is 0 Å². The number of carbonyl (C=O) groups is 1. The molecule has 0 aliphatic carbocycles. The molecule has 0 fully saturated rings. The van der Waals surface area contributed by atoms with Gasteiger partial charge in [0.25, 0.3) is 5.91 Å². The topological polar surface area (TPSA) is 50.8 Å². The Morgan fingerprint density at radius 3 is 2.24 bits per heavy atom. The van der Waals surface area contributed by atoms with Crippen LogP contribution in [0.5, 0.6) is 0 Å². The van der Waals surface area contributed by atoms with Gasteiger partial charge in [-0.15, -0.1) is 0 Å². The molecule has 0 radical (unpaired) electrons. The number of nitrogens with zero attached hydrogens (tertiary/aromatic N) is 1. The lowest BCUT2D eigenvalue weighted by molar-refractivity contribution is -0.141. The summed E-state index contributed by atoms with van der Waals surface area (Å²) in [6.45, 7) is 8.02. The molecule has 0 heterocycles. The monoisotopic (exact) mass is 414 g/mol. The van der Waals surface area contributed by atoms with Crippen molar-refractivity contribution in [3.05, 3.63) is 71.3 Å². The van der Waals surface area contributed by atoms with E-state index in [1.807, 2.05) is 56.0 Å². The summed E-state index contributed by atoms with van der Waals surface area (Å²) in [5.41, 5.74) is 2.88. The molecule has 1 N–H and O–H groups in total. The highest BCUT2D eigenvalue weighted by molar-refractivity contribution is 7.80. The summed E-state index contributed by atoms with van der Waals surface area (Å²) in [6.07, 6.45) is 0.391. The van der Waals surface area contributed by atoms with Gasteiger partial charge in [-0.1, -0.05) is 48.0 Å². The van der Waals surface area contributed by atoms with Crippen molar-refractivity contribution in [3.63, 3.8) is 0 Å². The van der Waals surface area contributed by atoms with Crippen molar-refractivity contribution in [3.8, 4) is 0 Å². The molecule has 2 aromatic rings. The van der Waals surface area contributed by atoms with Crippen LogP contribution in [-0.4, -0.2) is 48.5 Å². The van der Waals surface area contributed by atoms with E-state index in [1.54, 1.807) is 12.1 Å². The quantitative estimate of drug-likeness (QED) is 0.471. The number of hydrogen-bond donors (Lipinski definition) is 1. The minimum Gasteiger partial charge on any atom is -0.351 e. The molecule has 0 bridgehead atoms. The second-order valence-corrected chi connectivity index (χ2v) is 7.03. The van der Waals surface area contributed by atoms with Crippen LogP contribution >= 0.6 is 12.2 Å². The van der Waals surface area contributed by atoms with Crippen LogP contribution in [0.1, 0.15) is 35.3 Å². The molecule has 0 unspecified atom stereocenters. The molecule has 0 aromatic heterocycles. The van der Waals surface area contributed by atoms with Gasteiger partial charge in [0.2, 0.25) is 0 Å². The first kappa shape index (κ1) is 23.0. The molecule has 2 aromatic carbocycles. The fraction of sp³-hybridized carbons (Fsp3) is 0.391. The third-order valence-corrected chi connectivity index (χ3v) is 4.77. The predicted molar refractivity (Wildman–Crippen MR) is 120 cm³/mol. The Bertz CT molecular complexity index is 759. The lowest BCUT2D eigenvalue weighted by Crippen LogP contribution is -2.47. The maximum Gasteiger partial charge on any atom is 0.257 e. The van der Waals surface area contributed by atoms with Gasteiger partial charge in [0.05, 0.1) is 6.54 Å². The minimum absolute atomic E-state index is 0.218. The number of thiocarbonyl (C=S) groups is 1. The highest BCUT2D eigenvalue weighted by Gasteiger charge is 2.19. The largest absolute Gasteiger partial charge is 0.351 e. The van der Waals surface area contributed by atoms with E-state index in [4.69, 9.17) is 21.7 Å². The molecule has 0 aliphatic heterocycles. The van der Waals surface area contributed by atoms with Gasteiger partial charge in [0.1, 0.15) is 0 Å². The van der Waals surface area contributed by atoms with Crippen LogP contribution in [0.4, 0.5) is 0 Å². The van der Waals surface area contributed by atoms with Gasteiger partial charge in [-0.05, 0) is 57.1 Å². The Balaban J connectivity index is 2.07. The van der Waals surface area contributed by atoms with Gasteiger partial charge < -0.3 is 14.4 Å². The van der Waals surface area contributed by atoms with E-state index in [0.717, 1.165) is 12.0 Å². The summed E-state index contributed by atoms with van der Waals surface area (Å²) < 4.78 is 11.4. The number of nitrogens with one attached hydrogen (secondary N) is 1. The zero-order valence-corrected chi connectivity index (χ0v) is 18.2. The number of carbonyl (C=O) groups excluding carboxylic acids is 1. The van der Waals surface area contributed by atoms with Gasteiger partial charge in [0.15, 0.2) is 11.4 Å². The summed E-state index contributed by atoms with van der Waals surface area (Å²) in [4.78, 5) is 14.5. The third kappa shape index (κ3) is 7.93. The lowest BCUT2D eigenvalue weighted by atomic mass is 10.1. The molecule has 0 atom stereocenters. The molecular weight excluding hydrogens is 384 g/mol. The predicted octanol–water partition coefficient (Wildman–Crippen LogP) is 3.95. The number of benzene rings is 2. The van der Waals surface area contributed by atoms with Gasteiger partial charge in [0, 0.05) is 25.3 Å². The summed E-state index contributed by atoms with van der Waals surface area (Å²) in [6, 6.07) is 17.6. The van der Waals surface area contributed by atoms with Gasteiger partial charge >= 0.3 is 0 Å². The maximum atomic E-state index is 12.6. The lowest BCUT2D eigenvalue weighted by Gasteiger charge is -2.29. The molecule has 0 saturated carbocycles. The van der Waals surface area contributed by atoms with E-state index in [2.05, 4.69) is 17.4 Å². The van der Waals surface area contributed by atoms with Crippen molar-refractivity contribution in [2.45, 2.75) is 33.5 Å². The zero-order valence-electron chi connectivity index (χ0n) is 17.4. The van der Waals surface area contributed by atoms with Crippen molar-refractivity contribution in [1.29, 1.82) is 0 Å². The molecule has 156 valence electrons. The van der Waals surface area contributed by atoms with E-state index >= 15 is 0 Å². The fourth-order valence-electron chi connectivity index (χ4n) is 2.84. The van der Waals surface area contributed by atoms with Crippen molar-refractivity contribution < 1.29 is 14.3 Å². The van der Waals surface area contributed by atoms with Crippen LogP contribution in [0.25, 0.3) is 0 Å². The van der Waals surface area contributed by atoms with Gasteiger partial charge in [-0.3, -0.25) is 10.1 Å². The molecule has 1 amide bonds. The first-order chi connectivity index (χ1) is 14.0. The molecule has 0 spiro atoms. The summed E-state index contributed by atoms with van der Waals surface area (Å²) >= 11 is 5.56. The third-order valence-electron chi connectivity index (χ3n) is 4.41. The standard InChI is InChI=1S/C23H30N2O3S/c1-4-27-21(28-5-2)17-25(16-15-19-9-7-6-8-10-19)23(29)24-22(26)20-13-11-18(3)12-14-20/h6-14,21H,4-5,15-17H2,1-3H3,(H,24,26,29). The highest BCUT2D eigenvalue weighted by Crippen LogP contribution is 2.07. The van der Waals surface area contributed by atoms with Crippen LogP contribution in [-0.2, 0) is 15.9 Å². The average molecular weight is 415 g/mol. The van der Waals surface area contributed by atoms with Crippen LogP contribution in [0, 0.1) is 6.92 Å². The smallest absolute Gasteiger partial charge is 0.257 e. The Morgan fingerprint density at radius 2 is 1.66 bits per heavy atom. The molecule has 0 saturated heterocycles. The minimum atomic E-state index is -0.407. The van der Waals surface area contributed by atoms with Crippen LogP contribution in [0.15, 0.2) is 54.6 Å². The summed E-state index contributed by atoms with van der Waals surface area (Å²) in [5.74, 6) is -0.218. The van der Waals surface area contributed by atoms with E-state index in [1.165, 1.54) is 5.56 Å². The van der Waals surface area contributed by atoms with Crippen molar-refractivity contribution in [2.24, 2.45) is 0 Å². The Kier molecular flexibility index (Phi) is 9.77. The molecule has 0 aliphatic rings. The Morgan fingerprint density at radius 1 is 1.03 bits per heavy atom. The summed E-state index contributed by atoms with van der Waals surface area (Å²) in [5, 5.41) is 3.22. The maximum absolute atomic E-state index is 12.6.